The number of hydrogen-bond donors (Lipinski definition) is 2. The van der Waals surface area contributed by atoms with Gasteiger partial charge in [0.2, 0.25) is 0 Å². The number of halogens is 1. The van der Waals surface area contributed by atoms with Gasteiger partial charge < -0.3 is 10.6 Å². The van der Waals surface area contributed by atoms with Crippen LogP contribution in [0, 0.1) is 0 Å². The van der Waals surface area contributed by atoms with Gasteiger partial charge in [0.15, 0.2) is 5.75 Å². The topological polar surface area (TPSA) is 60.2 Å². The van der Waals surface area contributed by atoms with Crippen molar-refractivity contribution in [2.45, 2.75) is 0 Å². The summed E-state index contributed by atoms with van der Waals surface area (Å²) in [7, 11) is 0. The molecular formula is C13H10BrN3O. The molecule has 4 nitrogen and oxygen atoms in total. The molecule has 0 saturated carbocycles. The van der Waals surface area contributed by atoms with Crippen LogP contribution in [-0.4, -0.2) is 4.98 Å². The first-order chi connectivity index (χ1) is 8.75. The third-order valence-corrected chi connectivity index (χ3v) is 3.34. The molecule has 2 heterocycles. The third-order valence-electron chi connectivity index (χ3n) is 2.71. The van der Waals surface area contributed by atoms with Crippen molar-refractivity contribution in [2.75, 3.05) is 5.73 Å². The van der Waals surface area contributed by atoms with E-state index in [1.54, 1.807) is 6.20 Å². The Hall–Kier alpha value is -2.01. The average Bonchev–Trinajstić information content (AvgIpc) is 2.40. The fourth-order valence-corrected chi connectivity index (χ4v) is 2.27. The number of fused-ring (bicyclic) bond motifs is 1. The van der Waals surface area contributed by atoms with Crippen molar-refractivity contribution < 1.29 is 4.84 Å². The van der Waals surface area contributed by atoms with Crippen LogP contribution in [0.1, 0.15) is 11.1 Å². The lowest BCUT2D eigenvalue weighted by Gasteiger charge is -2.20. The van der Waals surface area contributed by atoms with Crippen LogP contribution in [-0.2, 0) is 0 Å². The van der Waals surface area contributed by atoms with E-state index in [0.29, 0.717) is 5.69 Å². The predicted octanol–water partition coefficient (Wildman–Crippen LogP) is 2.82. The SMILES string of the molecule is Nc1cccc2c1C=C(c1cccnc1Br)NO2. The molecule has 3 N–H and O–H groups in total. The fraction of sp³-hybridized carbons (Fsp3) is 0. The van der Waals surface area contributed by atoms with Crippen molar-refractivity contribution >= 4 is 33.4 Å². The minimum Gasteiger partial charge on any atom is -0.398 e. The number of nitrogens with zero attached hydrogens (tertiary/aromatic N) is 1. The second kappa shape index (κ2) is 4.34. The number of pyridine rings is 1. The van der Waals surface area contributed by atoms with E-state index in [2.05, 4.69) is 26.4 Å². The van der Waals surface area contributed by atoms with Gasteiger partial charge in [0, 0.05) is 23.0 Å². The van der Waals surface area contributed by atoms with Crippen LogP contribution in [0.5, 0.6) is 5.75 Å². The molecule has 0 bridgehead atoms. The van der Waals surface area contributed by atoms with Gasteiger partial charge in [-0.2, -0.15) is 0 Å². The molecule has 1 aliphatic rings. The van der Waals surface area contributed by atoms with Crippen molar-refractivity contribution in [1.29, 1.82) is 0 Å². The zero-order chi connectivity index (χ0) is 12.5. The Labute approximate surface area is 113 Å². The lowest BCUT2D eigenvalue weighted by molar-refractivity contribution is 0.249. The molecule has 2 aromatic rings. The second-order valence-corrected chi connectivity index (χ2v) is 4.61. The van der Waals surface area contributed by atoms with Crippen LogP contribution in [0.3, 0.4) is 0 Å². The number of rotatable bonds is 1. The number of anilines is 1. The van der Waals surface area contributed by atoms with E-state index < -0.39 is 0 Å². The maximum atomic E-state index is 5.94. The molecule has 1 aromatic carbocycles. The zero-order valence-corrected chi connectivity index (χ0v) is 10.9. The monoisotopic (exact) mass is 303 g/mol. The van der Waals surface area contributed by atoms with E-state index in [4.69, 9.17) is 10.6 Å². The highest BCUT2D eigenvalue weighted by atomic mass is 79.9. The first kappa shape index (κ1) is 11.1. The van der Waals surface area contributed by atoms with Crippen LogP contribution in [0.2, 0.25) is 0 Å². The number of hydroxylamine groups is 1. The van der Waals surface area contributed by atoms with E-state index in [-0.39, 0.29) is 0 Å². The predicted molar refractivity (Wildman–Crippen MR) is 74.4 cm³/mol. The Bertz CT molecular complexity index is 640. The Morgan fingerprint density at radius 1 is 1.22 bits per heavy atom. The lowest BCUT2D eigenvalue weighted by Crippen LogP contribution is -2.21. The molecule has 3 rings (SSSR count). The van der Waals surface area contributed by atoms with Gasteiger partial charge >= 0.3 is 0 Å². The first-order valence-corrected chi connectivity index (χ1v) is 6.19. The van der Waals surface area contributed by atoms with Gasteiger partial charge in [0.05, 0.1) is 5.70 Å². The average molecular weight is 304 g/mol. The number of nitrogen functional groups attached to an aromatic ring is 1. The summed E-state index contributed by atoms with van der Waals surface area (Å²) >= 11 is 3.41. The lowest BCUT2D eigenvalue weighted by atomic mass is 10.1. The minimum absolute atomic E-state index is 0.687. The molecule has 0 radical (unpaired) electrons. The largest absolute Gasteiger partial charge is 0.398 e. The summed E-state index contributed by atoms with van der Waals surface area (Å²) in [4.78, 5) is 9.66. The van der Waals surface area contributed by atoms with Gasteiger partial charge in [0.1, 0.15) is 4.60 Å². The fourth-order valence-electron chi connectivity index (χ4n) is 1.81. The summed E-state index contributed by atoms with van der Waals surface area (Å²) in [6.07, 6.45) is 3.68. The molecule has 0 atom stereocenters. The molecule has 90 valence electrons. The maximum Gasteiger partial charge on any atom is 0.164 e. The molecule has 0 spiro atoms. The van der Waals surface area contributed by atoms with E-state index >= 15 is 0 Å². The van der Waals surface area contributed by atoms with Crippen molar-refractivity contribution in [2.24, 2.45) is 0 Å². The quantitative estimate of drug-likeness (QED) is 0.628. The number of hydrogen-bond acceptors (Lipinski definition) is 4. The van der Waals surface area contributed by atoms with Gasteiger partial charge in [-0.25, -0.2) is 10.5 Å². The highest BCUT2D eigenvalue weighted by molar-refractivity contribution is 9.10. The summed E-state index contributed by atoms with van der Waals surface area (Å²) in [5.41, 5.74) is 12.1. The number of nitrogens with one attached hydrogen (secondary N) is 1. The number of nitrogens with two attached hydrogens (primary N) is 1. The first-order valence-electron chi connectivity index (χ1n) is 5.39. The molecule has 0 saturated heterocycles. The standard InChI is InChI=1S/C13H10BrN3O/c14-13-8(3-2-6-16-13)11-7-9-10(15)4-1-5-12(9)18-17-11/h1-7,17H,15H2. The molecule has 0 fully saturated rings. The van der Waals surface area contributed by atoms with E-state index in [9.17, 15) is 0 Å². The van der Waals surface area contributed by atoms with Crippen LogP contribution < -0.4 is 16.1 Å². The molecule has 0 unspecified atom stereocenters. The molecule has 5 heteroatoms. The Morgan fingerprint density at radius 2 is 2.11 bits per heavy atom. The van der Waals surface area contributed by atoms with Crippen molar-refractivity contribution in [3.63, 3.8) is 0 Å². The van der Waals surface area contributed by atoms with Crippen LogP contribution in [0.25, 0.3) is 11.8 Å². The molecular weight excluding hydrogens is 294 g/mol. The van der Waals surface area contributed by atoms with E-state index in [1.165, 1.54) is 0 Å². The van der Waals surface area contributed by atoms with Gasteiger partial charge in [-0.15, -0.1) is 0 Å². The minimum atomic E-state index is 0.687. The van der Waals surface area contributed by atoms with Gasteiger partial charge in [0.25, 0.3) is 0 Å². The Kier molecular flexibility index (Phi) is 2.68. The third kappa shape index (κ3) is 1.82. The zero-order valence-electron chi connectivity index (χ0n) is 9.35. The molecule has 0 aliphatic carbocycles. The number of benzene rings is 1. The normalized spacial score (nSPS) is 13.1. The molecule has 1 aliphatic heterocycles. The maximum absolute atomic E-state index is 5.94. The van der Waals surface area contributed by atoms with Gasteiger partial charge in [-0.05, 0) is 46.3 Å². The summed E-state index contributed by atoms with van der Waals surface area (Å²) in [5, 5.41) is 0. The van der Waals surface area contributed by atoms with Gasteiger partial charge in [-0.3, -0.25) is 0 Å². The summed E-state index contributed by atoms with van der Waals surface area (Å²) in [5.74, 6) is 0.721. The summed E-state index contributed by atoms with van der Waals surface area (Å²) in [6.45, 7) is 0. The van der Waals surface area contributed by atoms with Crippen LogP contribution >= 0.6 is 15.9 Å². The molecule has 1 aromatic heterocycles. The smallest absolute Gasteiger partial charge is 0.164 e. The van der Waals surface area contributed by atoms with Gasteiger partial charge in [-0.1, -0.05) is 6.07 Å². The summed E-state index contributed by atoms with van der Waals surface area (Å²) in [6, 6.07) is 9.38. The van der Waals surface area contributed by atoms with Crippen LogP contribution in [0.15, 0.2) is 41.1 Å². The molecule has 18 heavy (non-hydrogen) atoms. The van der Waals surface area contributed by atoms with Crippen molar-refractivity contribution in [3.8, 4) is 5.75 Å². The van der Waals surface area contributed by atoms with Crippen LogP contribution in [0.4, 0.5) is 5.69 Å². The highest BCUT2D eigenvalue weighted by Gasteiger charge is 2.16. The Morgan fingerprint density at radius 3 is 2.94 bits per heavy atom. The Balaban J connectivity index is 2.12. The van der Waals surface area contributed by atoms with Crippen molar-refractivity contribution in [3.05, 3.63) is 52.3 Å². The summed E-state index contributed by atoms with van der Waals surface area (Å²) < 4.78 is 0.755. The van der Waals surface area contributed by atoms with Crippen molar-refractivity contribution in [1.82, 2.24) is 10.5 Å². The second-order valence-electron chi connectivity index (χ2n) is 3.86. The van der Waals surface area contributed by atoms with E-state index in [0.717, 1.165) is 27.2 Å². The number of aromatic nitrogens is 1. The highest BCUT2D eigenvalue weighted by Crippen LogP contribution is 2.33. The molecule has 0 amide bonds. The van der Waals surface area contributed by atoms with E-state index in [1.807, 2.05) is 36.4 Å².